The van der Waals surface area contributed by atoms with Crippen molar-refractivity contribution in [2.75, 3.05) is 11.1 Å². The molecule has 3 N–H and O–H groups in total. The van der Waals surface area contributed by atoms with Gasteiger partial charge >= 0.3 is 0 Å². The minimum atomic E-state index is -0.316. The highest BCUT2D eigenvalue weighted by molar-refractivity contribution is 7.09. The summed E-state index contributed by atoms with van der Waals surface area (Å²) in [5.74, 6) is -0.316. The Labute approximate surface area is 91.5 Å². The minimum Gasteiger partial charge on any atom is -0.399 e. The highest BCUT2D eigenvalue weighted by Gasteiger charge is 1.98. The van der Waals surface area contributed by atoms with Crippen LogP contribution in [0.15, 0.2) is 35.7 Å². The first-order valence-electron chi connectivity index (χ1n) is 4.56. The number of nitrogen functional groups attached to an aromatic ring is 1. The summed E-state index contributed by atoms with van der Waals surface area (Å²) >= 11 is 1.66. The first-order chi connectivity index (χ1) is 7.24. The number of hydrogen-bond donors (Lipinski definition) is 2. The van der Waals surface area contributed by atoms with Gasteiger partial charge in [-0.25, -0.2) is 4.39 Å². The summed E-state index contributed by atoms with van der Waals surface area (Å²) in [6, 6.07) is 8.47. The van der Waals surface area contributed by atoms with Crippen LogP contribution in [0.4, 0.5) is 15.8 Å². The fourth-order valence-electron chi connectivity index (χ4n) is 1.32. The van der Waals surface area contributed by atoms with E-state index in [-0.39, 0.29) is 5.82 Å². The van der Waals surface area contributed by atoms with E-state index in [1.54, 1.807) is 17.4 Å². The SMILES string of the molecule is Nc1cc(F)cc(NCc2cccs2)c1. The Hall–Kier alpha value is -1.55. The maximum absolute atomic E-state index is 13.0. The van der Waals surface area contributed by atoms with Gasteiger partial charge in [-0.15, -0.1) is 11.3 Å². The van der Waals surface area contributed by atoms with Crippen LogP contribution in [0.25, 0.3) is 0 Å². The lowest BCUT2D eigenvalue weighted by molar-refractivity contribution is 0.629. The summed E-state index contributed by atoms with van der Waals surface area (Å²) in [6.07, 6.45) is 0. The molecule has 1 aromatic heterocycles. The molecule has 0 aliphatic heterocycles. The number of nitrogens with two attached hydrogens (primary N) is 1. The Kier molecular flexibility index (Phi) is 2.87. The van der Waals surface area contributed by atoms with Crippen LogP contribution in [0.5, 0.6) is 0 Å². The van der Waals surface area contributed by atoms with E-state index in [9.17, 15) is 4.39 Å². The van der Waals surface area contributed by atoms with Gasteiger partial charge in [0.25, 0.3) is 0 Å². The number of anilines is 2. The zero-order valence-corrected chi connectivity index (χ0v) is 8.85. The van der Waals surface area contributed by atoms with Gasteiger partial charge in [0, 0.05) is 22.8 Å². The monoisotopic (exact) mass is 222 g/mol. The molecule has 1 aromatic carbocycles. The molecule has 0 saturated heterocycles. The topological polar surface area (TPSA) is 38.0 Å². The minimum absolute atomic E-state index is 0.316. The second-order valence-corrected chi connectivity index (χ2v) is 4.24. The van der Waals surface area contributed by atoms with E-state index in [1.807, 2.05) is 17.5 Å². The molecule has 0 radical (unpaired) electrons. The molecule has 0 spiro atoms. The molecule has 0 fully saturated rings. The van der Waals surface area contributed by atoms with Crippen molar-refractivity contribution >= 4 is 22.7 Å². The summed E-state index contributed by atoms with van der Waals surface area (Å²) < 4.78 is 13.0. The molecular weight excluding hydrogens is 211 g/mol. The Morgan fingerprint density at radius 3 is 2.87 bits per heavy atom. The number of hydrogen-bond acceptors (Lipinski definition) is 3. The number of thiophene rings is 1. The molecule has 0 aliphatic carbocycles. The van der Waals surface area contributed by atoms with Crippen LogP contribution in [-0.2, 0) is 6.54 Å². The maximum atomic E-state index is 13.0. The Balaban J connectivity index is 2.05. The van der Waals surface area contributed by atoms with Crippen molar-refractivity contribution in [3.63, 3.8) is 0 Å². The van der Waals surface area contributed by atoms with Crippen LogP contribution in [0, 0.1) is 5.82 Å². The largest absolute Gasteiger partial charge is 0.399 e. The number of nitrogens with one attached hydrogen (secondary N) is 1. The highest BCUT2D eigenvalue weighted by Crippen LogP contribution is 2.17. The molecule has 0 saturated carbocycles. The Bertz CT molecular complexity index is 420. The highest BCUT2D eigenvalue weighted by atomic mass is 32.1. The summed E-state index contributed by atoms with van der Waals surface area (Å²) in [5.41, 5.74) is 6.67. The van der Waals surface area contributed by atoms with E-state index in [4.69, 9.17) is 5.73 Å². The van der Waals surface area contributed by atoms with Crippen molar-refractivity contribution in [1.29, 1.82) is 0 Å². The molecule has 1 heterocycles. The van der Waals surface area contributed by atoms with Crippen LogP contribution in [0.1, 0.15) is 4.88 Å². The average Bonchev–Trinajstić information content (AvgIpc) is 2.65. The molecule has 0 aliphatic rings. The van der Waals surface area contributed by atoms with Crippen molar-refractivity contribution in [3.05, 3.63) is 46.4 Å². The molecule has 78 valence electrons. The van der Waals surface area contributed by atoms with Gasteiger partial charge in [0.2, 0.25) is 0 Å². The summed E-state index contributed by atoms with van der Waals surface area (Å²) in [4.78, 5) is 1.21. The van der Waals surface area contributed by atoms with Crippen molar-refractivity contribution in [1.82, 2.24) is 0 Å². The Morgan fingerprint density at radius 2 is 2.20 bits per heavy atom. The quantitative estimate of drug-likeness (QED) is 0.783. The third-order valence-corrected chi connectivity index (χ3v) is 2.84. The van der Waals surface area contributed by atoms with E-state index < -0.39 is 0 Å². The number of rotatable bonds is 3. The standard InChI is InChI=1S/C11H11FN2S/c12-8-4-9(13)6-10(5-8)14-7-11-2-1-3-15-11/h1-6,14H,7,13H2. The summed E-state index contributed by atoms with van der Waals surface area (Å²) in [7, 11) is 0. The first-order valence-corrected chi connectivity index (χ1v) is 5.44. The van der Waals surface area contributed by atoms with Gasteiger partial charge in [-0.3, -0.25) is 0 Å². The fraction of sp³-hybridized carbons (Fsp3) is 0.0909. The van der Waals surface area contributed by atoms with Gasteiger partial charge in [0.05, 0.1) is 0 Å². The molecule has 2 rings (SSSR count). The van der Waals surface area contributed by atoms with E-state index in [0.717, 1.165) is 0 Å². The zero-order valence-electron chi connectivity index (χ0n) is 8.03. The third-order valence-electron chi connectivity index (χ3n) is 1.97. The smallest absolute Gasteiger partial charge is 0.127 e. The first kappa shape index (κ1) is 9.98. The molecule has 0 amide bonds. The molecule has 2 nitrogen and oxygen atoms in total. The lowest BCUT2D eigenvalue weighted by atomic mass is 10.2. The fourth-order valence-corrected chi connectivity index (χ4v) is 1.96. The van der Waals surface area contributed by atoms with Crippen LogP contribution < -0.4 is 11.1 Å². The average molecular weight is 222 g/mol. The van der Waals surface area contributed by atoms with Crippen LogP contribution in [0.3, 0.4) is 0 Å². The van der Waals surface area contributed by atoms with E-state index in [2.05, 4.69) is 5.32 Å². The van der Waals surface area contributed by atoms with Crippen molar-refractivity contribution < 1.29 is 4.39 Å². The van der Waals surface area contributed by atoms with Gasteiger partial charge in [0.1, 0.15) is 5.82 Å². The van der Waals surface area contributed by atoms with Gasteiger partial charge in [-0.1, -0.05) is 6.07 Å². The number of benzene rings is 1. The summed E-state index contributed by atoms with van der Waals surface area (Å²) in [5, 5.41) is 5.13. The predicted octanol–water partition coefficient (Wildman–Crippen LogP) is 3.08. The predicted molar refractivity (Wildman–Crippen MR) is 62.5 cm³/mol. The molecule has 15 heavy (non-hydrogen) atoms. The van der Waals surface area contributed by atoms with E-state index >= 15 is 0 Å². The molecule has 2 aromatic rings. The molecule has 0 atom stereocenters. The normalized spacial score (nSPS) is 10.2. The molecule has 0 bridgehead atoms. The molecule has 4 heteroatoms. The van der Waals surface area contributed by atoms with Gasteiger partial charge in [-0.2, -0.15) is 0 Å². The second-order valence-electron chi connectivity index (χ2n) is 3.21. The molecule has 0 unspecified atom stereocenters. The second kappa shape index (κ2) is 4.31. The van der Waals surface area contributed by atoms with Crippen LogP contribution >= 0.6 is 11.3 Å². The lowest BCUT2D eigenvalue weighted by Gasteiger charge is -2.05. The van der Waals surface area contributed by atoms with E-state index in [1.165, 1.54) is 17.0 Å². The van der Waals surface area contributed by atoms with Gasteiger partial charge in [-0.05, 0) is 29.6 Å². The zero-order chi connectivity index (χ0) is 10.7. The Morgan fingerprint density at radius 1 is 1.33 bits per heavy atom. The van der Waals surface area contributed by atoms with Crippen molar-refractivity contribution in [2.24, 2.45) is 0 Å². The van der Waals surface area contributed by atoms with Crippen LogP contribution in [-0.4, -0.2) is 0 Å². The van der Waals surface area contributed by atoms with Crippen molar-refractivity contribution in [2.45, 2.75) is 6.54 Å². The van der Waals surface area contributed by atoms with Gasteiger partial charge < -0.3 is 11.1 Å². The maximum Gasteiger partial charge on any atom is 0.127 e. The van der Waals surface area contributed by atoms with Gasteiger partial charge in [0.15, 0.2) is 0 Å². The molecular formula is C11H11FN2S. The van der Waals surface area contributed by atoms with Crippen LogP contribution in [0.2, 0.25) is 0 Å². The van der Waals surface area contributed by atoms with E-state index in [0.29, 0.717) is 17.9 Å². The summed E-state index contributed by atoms with van der Waals surface area (Å²) in [6.45, 7) is 0.695. The lowest BCUT2D eigenvalue weighted by Crippen LogP contribution is -1.99. The van der Waals surface area contributed by atoms with Crippen molar-refractivity contribution in [3.8, 4) is 0 Å². The third kappa shape index (κ3) is 2.70. The number of halogens is 1.